The molecule has 1 heterocycles. The Bertz CT molecular complexity index is 828. The van der Waals surface area contributed by atoms with Gasteiger partial charge in [-0.3, -0.25) is 0 Å². The molecule has 112 valence electrons. The maximum absolute atomic E-state index is 6.24. The van der Waals surface area contributed by atoms with Crippen molar-refractivity contribution in [3.63, 3.8) is 0 Å². The Kier molecular flexibility index (Phi) is 3.55. The quantitative estimate of drug-likeness (QED) is 0.725. The molecule has 0 aliphatic rings. The number of aromatic nitrogens is 2. The Morgan fingerprint density at radius 3 is 2.41 bits per heavy atom. The molecule has 0 aliphatic carbocycles. The fourth-order valence-electron chi connectivity index (χ4n) is 2.61. The minimum absolute atomic E-state index is 0.696. The predicted octanol–water partition coefficient (Wildman–Crippen LogP) is 3.24. The zero-order valence-corrected chi connectivity index (χ0v) is 12.8. The first-order chi connectivity index (χ1) is 10.6. The third-order valence-electron chi connectivity index (χ3n) is 3.62. The van der Waals surface area contributed by atoms with Crippen LogP contribution in [0.4, 0.5) is 11.5 Å². The van der Waals surface area contributed by atoms with Crippen LogP contribution in [-0.2, 0) is 0 Å². The summed E-state index contributed by atoms with van der Waals surface area (Å²) in [7, 11) is 3.50. The average Bonchev–Trinajstić information content (AvgIpc) is 2.54. The number of benzene rings is 2. The van der Waals surface area contributed by atoms with Crippen LogP contribution < -0.4 is 15.8 Å². The monoisotopic (exact) mass is 294 g/mol. The van der Waals surface area contributed by atoms with E-state index in [0.717, 1.165) is 39.4 Å². The summed E-state index contributed by atoms with van der Waals surface area (Å²) in [5, 5.41) is 4.07. The first-order valence-electron chi connectivity index (χ1n) is 7.03. The summed E-state index contributed by atoms with van der Waals surface area (Å²) in [4.78, 5) is 8.99. The molecule has 0 saturated carbocycles. The van der Waals surface area contributed by atoms with Crippen LogP contribution in [0.15, 0.2) is 36.4 Å². The van der Waals surface area contributed by atoms with E-state index in [9.17, 15) is 0 Å². The van der Waals surface area contributed by atoms with Gasteiger partial charge in [-0.2, -0.15) is 0 Å². The van der Waals surface area contributed by atoms with E-state index in [-0.39, 0.29) is 0 Å². The highest BCUT2D eigenvalue weighted by molar-refractivity contribution is 6.06. The van der Waals surface area contributed by atoms with Crippen LogP contribution in [0.1, 0.15) is 5.82 Å². The third-order valence-corrected chi connectivity index (χ3v) is 3.62. The highest BCUT2D eigenvalue weighted by atomic mass is 16.5. The zero-order valence-electron chi connectivity index (χ0n) is 12.8. The molecule has 3 N–H and O–H groups in total. The number of ether oxygens (including phenoxy) is 1. The van der Waals surface area contributed by atoms with Crippen molar-refractivity contribution in [2.45, 2.75) is 6.92 Å². The number of methoxy groups -OCH3 is 1. The van der Waals surface area contributed by atoms with Crippen molar-refractivity contribution in [1.29, 1.82) is 0 Å². The summed E-state index contributed by atoms with van der Waals surface area (Å²) in [6, 6.07) is 11.6. The Labute approximate surface area is 129 Å². The van der Waals surface area contributed by atoms with E-state index in [2.05, 4.69) is 15.3 Å². The normalized spacial score (nSPS) is 10.7. The van der Waals surface area contributed by atoms with Crippen molar-refractivity contribution in [2.75, 3.05) is 25.2 Å². The Morgan fingerprint density at radius 2 is 1.77 bits per heavy atom. The predicted molar refractivity (Wildman–Crippen MR) is 90.2 cm³/mol. The molecule has 22 heavy (non-hydrogen) atoms. The number of fused-ring (bicyclic) bond motifs is 1. The van der Waals surface area contributed by atoms with Gasteiger partial charge in [0.25, 0.3) is 0 Å². The molecular formula is C17H18N4O. The van der Waals surface area contributed by atoms with Gasteiger partial charge in [-0.15, -0.1) is 0 Å². The molecule has 0 atom stereocenters. The van der Waals surface area contributed by atoms with E-state index < -0.39 is 0 Å². The lowest BCUT2D eigenvalue weighted by molar-refractivity contribution is 0.415. The summed E-state index contributed by atoms with van der Waals surface area (Å²) in [6.07, 6.45) is 0. The van der Waals surface area contributed by atoms with E-state index in [0.29, 0.717) is 5.69 Å². The van der Waals surface area contributed by atoms with Crippen molar-refractivity contribution < 1.29 is 4.74 Å². The second kappa shape index (κ2) is 5.52. The number of hydrogen-bond acceptors (Lipinski definition) is 5. The molecule has 0 saturated heterocycles. The van der Waals surface area contributed by atoms with Gasteiger partial charge in [-0.25, -0.2) is 9.97 Å². The lowest BCUT2D eigenvalue weighted by Crippen LogP contribution is -2.01. The lowest BCUT2D eigenvalue weighted by atomic mass is 9.98. The van der Waals surface area contributed by atoms with Gasteiger partial charge in [0.2, 0.25) is 0 Å². The molecule has 0 aliphatic heterocycles. The molecule has 2 aromatic carbocycles. The van der Waals surface area contributed by atoms with Gasteiger partial charge in [0.05, 0.1) is 18.0 Å². The molecule has 3 aromatic rings. The van der Waals surface area contributed by atoms with Gasteiger partial charge in [-0.05, 0) is 36.8 Å². The maximum atomic E-state index is 6.24. The largest absolute Gasteiger partial charge is 0.497 e. The SMILES string of the molecule is CNc1nc(C)nc2ccc(N)c(-c3ccc(OC)cc3)c12. The fourth-order valence-corrected chi connectivity index (χ4v) is 2.61. The number of anilines is 2. The van der Waals surface area contributed by atoms with Crippen LogP contribution in [0, 0.1) is 6.92 Å². The molecular weight excluding hydrogens is 276 g/mol. The minimum atomic E-state index is 0.696. The summed E-state index contributed by atoms with van der Waals surface area (Å²) in [5.74, 6) is 2.31. The van der Waals surface area contributed by atoms with Crippen LogP contribution in [0.2, 0.25) is 0 Å². The number of nitrogens with zero attached hydrogens (tertiary/aromatic N) is 2. The van der Waals surface area contributed by atoms with E-state index in [1.54, 1.807) is 7.11 Å². The average molecular weight is 294 g/mol. The van der Waals surface area contributed by atoms with E-state index in [1.807, 2.05) is 50.4 Å². The van der Waals surface area contributed by atoms with Gasteiger partial charge in [0.1, 0.15) is 17.4 Å². The zero-order chi connectivity index (χ0) is 15.7. The topological polar surface area (TPSA) is 73.1 Å². The molecule has 3 rings (SSSR count). The van der Waals surface area contributed by atoms with E-state index in [4.69, 9.17) is 10.5 Å². The Morgan fingerprint density at radius 1 is 1.05 bits per heavy atom. The summed E-state index contributed by atoms with van der Waals surface area (Å²) >= 11 is 0. The second-order valence-corrected chi connectivity index (χ2v) is 5.02. The molecule has 0 spiro atoms. The minimum Gasteiger partial charge on any atom is -0.497 e. The number of hydrogen-bond donors (Lipinski definition) is 2. The van der Waals surface area contributed by atoms with Crippen molar-refractivity contribution >= 4 is 22.4 Å². The number of nitrogens with one attached hydrogen (secondary N) is 1. The maximum Gasteiger partial charge on any atom is 0.138 e. The first-order valence-corrected chi connectivity index (χ1v) is 7.03. The summed E-state index contributed by atoms with van der Waals surface area (Å²) < 4.78 is 5.22. The summed E-state index contributed by atoms with van der Waals surface area (Å²) in [6.45, 7) is 1.88. The summed E-state index contributed by atoms with van der Waals surface area (Å²) in [5.41, 5.74) is 9.75. The Hall–Kier alpha value is -2.82. The molecule has 0 fully saturated rings. The number of aryl methyl sites for hydroxylation is 1. The van der Waals surface area contributed by atoms with Crippen molar-refractivity contribution in [3.05, 3.63) is 42.2 Å². The van der Waals surface area contributed by atoms with Crippen LogP contribution in [-0.4, -0.2) is 24.1 Å². The van der Waals surface area contributed by atoms with Crippen molar-refractivity contribution in [2.24, 2.45) is 0 Å². The molecule has 1 aromatic heterocycles. The standard InChI is InChI=1S/C17H18N4O/c1-10-20-14-9-8-13(18)15(16(14)17(19-2)21-10)11-4-6-12(22-3)7-5-11/h4-9H,18H2,1-3H3,(H,19,20,21). The molecule has 0 bridgehead atoms. The fraction of sp³-hybridized carbons (Fsp3) is 0.176. The van der Waals surface area contributed by atoms with Gasteiger partial charge < -0.3 is 15.8 Å². The molecule has 0 radical (unpaired) electrons. The second-order valence-electron chi connectivity index (χ2n) is 5.02. The molecule has 5 heteroatoms. The van der Waals surface area contributed by atoms with Crippen molar-refractivity contribution in [3.8, 4) is 16.9 Å². The number of nitrogens with two attached hydrogens (primary N) is 1. The lowest BCUT2D eigenvalue weighted by Gasteiger charge is -2.14. The Balaban J connectivity index is 2.33. The third kappa shape index (κ3) is 2.30. The molecule has 5 nitrogen and oxygen atoms in total. The van der Waals surface area contributed by atoms with Crippen LogP contribution in [0.3, 0.4) is 0 Å². The number of nitrogen functional groups attached to an aromatic ring is 1. The van der Waals surface area contributed by atoms with Crippen LogP contribution in [0.25, 0.3) is 22.0 Å². The van der Waals surface area contributed by atoms with Crippen LogP contribution >= 0.6 is 0 Å². The van der Waals surface area contributed by atoms with Crippen LogP contribution in [0.5, 0.6) is 5.75 Å². The van der Waals surface area contributed by atoms with Gasteiger partial charge in [0, 0.05) is 18.3 Å². The van der Waals surface area contributed by atoms with Gasteiger partial charge >= 0.3 is 0 Å². The number of rotatable bonds is 3. The van der Waals surface area contributed by atoms with E-state index >= 15 is 0 Å². The smallest absolute Gasteiger partial charge is 0.138 e. The van der Waals surface area contributed by atoms with E-state index in [1.165, 1.54) is 0 Å². The van der Waals surface area contributed by atoms with Gasteiger partial charge in [0.15, 0.2) is 0 Å². The van der Waals surface area contributed by atoms with Gasteiger partial charge in [-0.1, -0.05) is 12.1 Å². The highest BCUT2D eigenvalue weighted by Gasteiger charge is 2.14. The molecule has 0 amide bonds. The van der Waals surface area contributed by atoms with Crippen molar-refractivity contribution in [1.82, 2.24) is 9.97 Å². The highest BCUT2D eigenvalue weighted by Crippen LogP contribution is 2.37. The molecule has 0 unspecified atom stereocenters. The first kappa shape index (κ1) is 14.1.